The van der Waals surface area contributed by atoms with Gasteiger partial charge in [-0.25, -0.2) is 0 Å². The van der Waals surface area contributed by atoms with Crippen LogP contribution in [0.2, 0.25) is 0 Å². The molecule has 0 nitrogen and oxygen atoms in total. The molecule has 1 aliphatic rings. The second kappa shape index (κ2) is 17.8. The Kier molecular flexibility index (Phi) is 21.2. The Morgan fingerprint density at radius 2 is 1.48 bits per heavy atom. The Morgan fingerprint density at radius 3 is 1.70 bits per heavy atom. The molecule has 1 fully saturated rings. The minimum Gasteiger partial charge on any atom is -0.103 e. The first-order valence-corrected chi connectivity index (χ1v) is 10.2. The largest absolute Gasteiger partial charge is 0.103 e. The van der Waals surface area contributed by atoms with Crippen molar-refractivity contribution in [1.82, 2.24) is 0 Å². The lowest BCUT2D eigenvalue weighted by Gasteiger charge is -2.43. The third-order valence-corrected chi connectivity index (χ3v) is 4.94. The van der Waals surface area contributed by atoms with E-state index in [1.165, 1.54) is 44.1 Å². The average molecular weight is 325 g/mol. The fourth-order valence-corrected chi connectivity index (χ4v) is 3.06. The van der Waals surface area contributed by atoms with Crippen molar-refractivity contribution in [3.05, 3.63) is 24.8 Å². The third kappa shape index (κ3) is 12.6. The summed E-state index contributed by atoms with van der Waals surface area (Å²) in [6, 6.07) is 0. The molecule has 0 heterocycles. The van der Waals surface area contributed by atoms with Crippen LogP contribution in [0.4, 0.5) is 0 Å². The standard InChI is InChI=1S/C14H26.C5H10.2C2H6/c1-5-9-14(12(3)4)10-7-13(6-2)8-11-14;1-4-5(2)3;2*1-2/h6,12-13H,2,5,7-11H2,1,3-4H3;2,4H2,1,3H3;2*1-2H3. The molecule has 23 heavy (non-hydrogen) atoms. The van der Waals surface area contributed by atoms with Gasteiger partial charge in [0.15, 0.2) is 0 Å². The minimum absolute atomic E-state index is 0.661. The molecule has 0 amide bonds. The van der Waals surface area contributed by atoms with Crippen LogP contribution in [0.3, 0.4) is 0 Å². The first-order valence-electron chi connectivity index (χ1n) is 10.2. The summed E-state index contributed by atoms with van der Waals surface area (Å²) in [6.45, 7) is 26.9. The monoisotopic (exact) mass is 324 g/mol. The fraction of sp³-hybridized carbons (Fsp3) is 0.826. The number of allylic oxidation sites excluding steroid dienone is 2. The van der Waals surface area contributed by atoms with Crippen LogP contribution in [0.15, 0.2) is 24.8 Å². The summed E-state index contributed by atoms with van der Waals surface area (Å²) >= 11 is 0. The van der Waals surface area contributed by atoms with Gasteiger partial charge < -0.3 is 0 Å². The lowest BCUT2D eigenvalue weighted by atomic mass is 9.62. The van der Waals surface area contributed by atoms with Gasteiger partial charge in [-0.3, -0.25) is 0 Å². The molecule has 0 aromatic rings. The van der Waals surface area contributed by atoms with Gasteiger partial charge in [-0.15, -0.1) is 13.2 Å². The summed E-state index contributed by atoms with van der Waals surface area (Å²) in [5, 5.41) is 0. The van der Waals surface area contributed by atoms with Gasteiger partial charge in [0.1, 0.15) is 0 Å². The van der Waals surface area contributed by atoms with Crippen LogP contribution in [0.1, 0.15) is 107 Å². The average Bonchev–Trinajstić information content (AvgIpc) is 2.59. The zero-order valence-corrected chi connectivity index (χ0v) is 18.1. The highest BCUT2D eigenvalue weighted by molar-refractivity contribution is 4.92. The van der Waals surface area contributed by atoms with Gasteiger partial charge in [-0.05, 0) is 62.7 Å². The van der Waals surface area contributed by atoms with Crippen molar-refractivity contribution in [1.29, 1.82) is 0 Å². The molecule has 1 rings (SSSR count). The normalized spacial score (nSPS) is 22.4. The molecule has 0 aromatic carbocycles. The summed E-state index contributed by atoms with van der Waals surface area (Å²) < 4.78 is 0. The maximum atomic E-state index is 3.92. The van der Waals surface area contributed by atoms with E-state index in [-0.39, 0.29) is 0 Å². The van der Waals surface area contributed by atoms with Crippen molar-refractivity contribution >= 4 is 0 Å². The van der Waals surface area contributed by atoms with Crippen molar-refractivity contribution < 1.29 is 0 Å². The van der Waals surface area contributed by atoms with Crippen LogP contribution in [0, 0.1) is 17.3 Å². The van der Waals surface area contributed by atoms with Crippen molar-refractivity contribution in [2.24, 2.45) is 17.3 Å². The zero-order chi connectivity index (χ0) is 18.9. The molecule has 0 N–H and O–H groups in total. The van der Waals surface area contributed by atoms with Gasteiger partial charge in [0.05, 0.1) is 0 Å². The van der Waals surface area contributed by atoms with E-state index in [0.717, 1.165) is 18.3 Å². The third-order valence-electron chi connectivity index (χ3n) is 4.94. The highest BCUT2D eigenvalue weighted by Gasteiger charge is 2.36. The lowest BCUT2D eigenvalue weighted by molar-refractivity contribution is 0.0892. The summed E-state index contributed by atoms with van der Waals surface area (Å²) in [5.74, 6) is 1.66. The smallest absolute Gasteiger partial charge is 0.0236 e. The number of hydrogen-bond acceptors (Lipinski definition) is 0. The van der Waals surface area contributed by atoms with Crippen LogP contribution in [-0.2, 0) is 0 Å². The molecule has 0 bridgehead atoms. The van der Waals surface area contributed by atoms with E-state index in [1.807, 2.05) is 34.6 Å². The fourth-order valence-electron chi connectivity index (χ4n) is 3.06. The van der Waals surface area contributed by atoms with E-state index in [2.05, 4.69) is 46.9 Å². The molecule has 0 heteroatoms. The maximum Gasteiger partial charge on any atom is -0.0236 e. The SMILES string of the molecule is C=C(C)CC.C=CC1CCC(CCC)(C(C)C)CC1.CC.CC. The van der Waals surface area contributed by atoms with Crippen molar-refractivity contribution in [3.63, 3.8) is 0 Å². The van der Waals surface area contributed by atoms with Crippen LogP contribution in [0.5, 0.6) is 0 Å². The summed E-state index contributed by atoms with van der Waals surface area (Å²) in [5.41, 5.74) is 1.92. The molecule has 1 saturated carbocycles. The second-order valence-electron chi connectivity index (χ2n) is 6.65. The highest BCUT2D eigenvalue weighted by Crippen LogP contribution is 2.47. The molecule has 140 valence electrons. The first-order chi connectivity index (χ1) is 10.9. The Hall–Kier alpha value is -0.520. The van der Waals surface area contributed by atoms with Crippen molar-refractivity contribution in [2.75, 3.05) is 0 Å². The summed E-state index contributed by atoms with van der Waals surface area (Å²) in [7, 11) is 0. The molecule has 0 atom stereocenters. The van der Waals surface area contributed by atoms with Crippen molar-refractivity contribution in [3.8, 4) is 0 Å². The molecule has 0 radical (unpaired) electrons. The van der Waals surface area contributed by atoms with E-state index in [1.54, 1.807) is 0 Å². The molecule has 1 aliphatic carbocycles. The molecule has 0 aliphatic heterocycles. The van der Waals surface area contributed by atoms with Gasteiger partial charge in [0.2, 0.25) is 0 Å². The van der Waals surface area contributed by atoms with Gasteiger partial charge in [0.25, 0.3) is 0 Å². The van der Waals surface area contributed by atoms with Gasteiger partial charge in [0, 0.05) is 0 Å². The Balaban J connectivity index is -0.000000375. The van der Waals surface area contributed by atoms with Gasteiger partial charge in [-0.1, -0.05) is 73.5 Å². The number of hydrogen-bond donors (Lipinski definition) is 0. The Morgan fingerprint density at radius 1 is 1.09 bits per heavy atom. The first kappa shape index (κ1) is 27.3. The van der Waals surface area contributed by atoms with Crippen LogP contribution >= 0.6 is 0 Å². The summed E-state index contributed by atoms with van der Waals surface area (Å²) in [6.07, 6.45) is 11.6. The molecular formula is C23H48. The maximum absolute atomic E-state index is 3.92. The summed E-state index contributed by atoms with van der Waals surface area (Å²) in [4.78, 5) is 0. The van der Waals surface area contributed by atoms with E-state index in [4.69, 9.17) is 0 Å². The quantitative estimate of drug-likeness (QED) is 0.443. The Labute approximate surface area is 149 Å². The van der Waals surface area contributed by atoms with Crippen LogP contribution in [0.25, 0.3) is 0 Å². The molecule has 0 unspecified atom stereocenters. The second-order valence-corrected chi connectivity index (χ2v) is 6.65. The van der Waals surface area contributed by atoms with Crippen molar-refractivity contribution in [2.45, 2.75) is 107 Å². The van der Waals surface area contributed by atoms with E-state index in [9.17, 15) is 0 Å². The van der Waals surface area contributed by atoms with Gasteiger partial charge >= 0.3 is 0 Å². The van der Waals surface area contributed by atoms with Gasteiger partial charge in [-0.2, -0.15) is 0 Å². The van der Waals surface area contributed by atoms with E-state index in [0.29, 0.717) is 5.41 Å². The van der Waals surface area contributed by atoms with Crippen LogP contribution < -0.4 is 0 Å². The van der Waals surface area contributed by atoms with Crippen LogP contribution in [-0.4, -0.2) is 0 Å². The lowest BCUT2D eigenvalue weighted by Crippen LogP contribution is -2.32. The molecular weight excluding hydrogens is 276 g/mol. The Bertz CT molecular complexity index is 251. The number of rotatable bonds is 5. The highest BCUT2D eigenvalue weighted by atomic mass is 14.4. The molecule has 0 spiro atoms. The zero-order valence-electron chi connectivity index (χ0n) is 18.1. The van der Waals surface area contributed by atoms with E-state index < -0.39 is 0 Å². The molecule has 0 aromatic heterocycles. The topological polar surface area (TPSA) is 0 Å². The minimum atomic E-state index is 0.661. The van der Waals surface area contributed by atoms with E-state index >= 15 is 0 Å². The molecule has 0 saturated heterocycles. The predicted octanol–water partition coefficient (Wildman–Crippen LogP) is 8.83. The predicted molar refractivity (Wildman–Crippen MR) is 112 cm³/mol.